The number of aliphatic imine (C=N–C) groups is 1. The minimum atomic E-state index is 0.498. The molecule has 0 saturated heterocycles. The van der Waals surface area contributed by atoms with Crippen LogP contribution in [0.3, 0.4) is 0 Å². The zero-order valence-electron chi connectivity index (χ0n) is 14.9. The van der Waals surface area contributed by atoms with Gasteiger partial charge in [0.05, 0.1) is 13.7 Å². The Bertz CT molecular complexity index is 842. The number of aromatic nitrogens is 3. The van der Waals surface area contributed by atoms with Crippen LogP contribution in [0.15, 0.2) is 59.6 Å². The summed E-state index contributed by atoms with van der Waals surface area (Å²) in [6, 6.07) is 17.8. The number of benzene rings is 2. The van der Waals surface area contributed by atoms with Crippen LogP contribution in [-0.2, 0) is 13.1 Å². The molecular weight excluding hydrogens is 328 g/mol. The van der Waals surface area contributed by atoms with E-state index in [1.807, 2.05) is 42.5 Å². The van der Waals surface area contributed by atoms with Crippen molar-refractivity contribution in [3.8, 4) is 17.1 Å². The molecule has 0 saturated carbocycles. The fraction of sp³-hybridized carbons (Fsp3) is 0.211. The predicted molar refractivity (Wildman–Crippen MR) is 102 cm³/mol. The maximum atomic E-state index is 5.16. The van der Waals surface area contributed by atoms with E-state index in [1.54, 1.807) is 14.2 Å². The molecule has 0 unspecified atom stereocenters. The maximum Gasteiger partial charge on any atom is 0.191 e. The molecule has 3 N–H and O–H groups in total. The normalized spacial score (nSPS) is 11.2. The first-order valence-electron chi connectivity index (χ1n) is 8.32. The van der Waals surface area contributed by atoms with E-state index >= 15 is 0 Å². The Kier molecular flexibility index (Phi) is 5.82. The summed E-state index contributed by atoms with van der Waals surface area (Å²) >= 11 is 0. The number of methoxy groups -OCH3 is 1. The lowest BCUT2D eigenvalue weighted by Gasteiger charge is -2.10. The fourth-order valence-electron chi connectivity index (χ4n) is 2.41. The first kappa shape index (κ1) is 17.5. The van der Waals surface area contributed by atoms with Crippen molar-refractivity contribution in [3.05, 3.63) is 66.0 Å². The molecule has 3 aromatic rings. The molecule has 0 aliphatic rings. The molecule has 0 radical (unpaired) electrons. The van der Waals surface area contributed by atoms with Gasteiger partial charge < -0.3 is 15.4 Å². The van der Waals surface area contributed by atoms with Gasteiger partial charge in [-0.3, -0.25) is 10.1 Å². The summed E-state index contributed by atoms with van der Waals surface area (Å²) in [7, 11) is 3.38. The minimum absolute atomic E-state index is 0.498. The molecule has 0 fully saturated rings. The zero-order valence-corrected chi connectivity index (χ0v) is 14.9. The third kappa shape index (κ3) is 4.60. The van der Waals surface area contributed by atoms with Crippen molar-refractivity contribution >= 4 is 5.96 Å². The molecule has 7 heteroatoms. The number of nitrogens with zero attached hydrogens (tertiary/aromatic N) is 3. The molecule has 7 nitrogen and oxygen atoms in total. The highest BCUT2D eigenvalue weighted by molar-refractivity contribution is 5.79. The monoisotopic (exact) mass is 350 g/mol. The van der Waals surface area contributed by atoms with Crippen LogP contribution in [0, 0.1) is 0 Å². The van der Waals surface area contributed by atoms with Crippen LogP contribution in [0.4, 0.5) is 0 Å². The smallest absolute Gasteiger partial charge is 0.191 e. The number of nitrogens with one attached hydrogen (secondary N) is 3. The van der Waals surface area contributed by atoms with E-state index in [4.69, 9.17) is 4.74 Å². The van der Waals surface area contributed by atoms with Crippen LogP contribution in [0.5, 0.6) is 5.75 Å². The second kappa shape index (κ2) is 8.66. The van der Waals surface area contributed by atoms with E-state index in [-0.39, 0.29) is 0 Å². The number of ether oxygens (including phenoxy) is 1. The molecule has 0 aliphatic carbocycles. The van der Waals surface area contributed by atoms with E-state index < -0.39 is 0 Å². The second-order valence-corrected chi connectivity index (χ2v) is 5.60. The minimum Gasteiger partial charge on any atom is -0.497 e. The van der Waals surface area contributed by atoms with Crippen LogP contribution in [0.2, 0.25) is 0 Å². The molecule has 0 aliphatic heterocycles. The van der Waals surface area contributed by atoms with E-state index in [0.717, 1.165) is 17.1 Å². The molecule has 0 atom stereocenters. The molecule has 134 valence electrons. The molecular formula is C19H22N6O. The standard InChI is InChI=1S/C19H22N6O/c1-20-19(21-12-14-6-4-3-5-7-14)22-13-17-23-18(25-24-17)15-8-10-16(26-2)11-9-15/h3-11H,12-13H2,1-2H3,(H2,20,21,22)(H,23,24,25). The molecule has 2 aromatic carbocycles. The Morgan fingerprint density at radius 2 is 1.77 bits per heavy atom. The van der Waals surface area contributed by atoms with Crippen LogP contribution >= 0.6 is 0 Å². The Balaban J connectivity index is 1.54. The third-order valence-electron chi connectivity index (χ3n) is 3.83. The lowest BCUT2D eigenvalue weighted by Crippen LogP contribution is -2.36. The molecule has 1 aromatic heterocycles. The SMILES string of the molecule is CN=C(NCc1ccccc1)NCc1nc(-c2ccc(OC)cc2)n[nH]1. The largest absolute Gasteiger partial charge is 0.497 e. The summed E-state index contributed by atoms with van der Waals surface area (Å²) in [6.07, 6.45) is 0. The quantitative estimate of drug-likeness (QED) is 0.469. The first-order chi connectivity index (χ1) is 12.8. The number of rotatable bonds is 6. The highest BCUT2D eigenvalue weighted by atomic mass is 16.5. The van der Waals surface area contributed by atoms with Crippen molar-refractivity contribution in [2.24, 2.45) is 4.99 Å². The van der Waals surface area contributed by atoms with Gasteiger partial charge in [-0.2, -0.15) is 5.10 Å². The van der Waals surface area contributed by atoms with Crippen LogP contribution in [0.25, 0.3) is 11.4 Å². The van der Waals surface area contributed by atoms with Gasteiger partial charge in [-0.1, -0.05) is 30.3 Å². The molecule has 0 bridgehead atoms. The van der Waals surface area contributed by atoms with Gasteiger partial charge in [0.15, 0.2) is 11.8 Å². The fourth-order valence-corrected chi connectivity index (χ4v) is 2.41. The zero-order chi connectivity index (χ0) is 18.2. The van der Waals surface area contributed by atoms with Crippen molar-refractivity contribution in [2.75, 3.05) is 14.2 Å². The van der Waals surface area contributed by atoms with Gasteiger partial charge >= 0.3 is 0 Å². The van der Waals surface area contributed by atoms with Crippen LogP contribution in [-0.4, -0.2) is 35.3 Å². The summed E-state index contributed by atoms with van der Waals surface area (Å²) in [6.45, 7) is 1.20. The van der Waals surface area contributed by atoms with Gasteiger partial charge in [0.25, 0.3) is 0 Å². The molecule has 0 spiro atoms. The number of hydrogen-bond donors (Lipinski definition) is 3. The predicted octanol–water partition coefficient (Wildman–Crippen LogP) is 2.35. The van der Waals surface area contributed by atoms with Crippen molar-refractivity contribution in [2.45, 2.75) is 13.1 Å². The first-order valence-corrected chi connectivity index (χ1v) is 8.32. The Morgan fingerprint density at radius 3 is 2.46 bits per heavy atom. The summed E-state index contributed by atoms with van der Waals surface area (Å²) in [4.78, 5) is 8.73. The molecule has 26 heavy (non-hydrogen) atoms. The van der Waals surface area contributed by atoms with Crippen LogP contribution in [0.1, 0.15) is 11.4 Å². The average molecular weight is 350 g/mol. The third-order valence-corrected chi connectivity index (χ3v) is 3.83. The van der Waals surface area contributed by atoms with E-state index in [9.17, 15) is 0 Å². The second-order valence-electron chi connectivity index (χ2n) is 5.60. The van der Waals surface area contributed by atoms with E-state index in [0.29, 0.717) is 24.9 Å². The average Bonchev–Trinajstić information content (AvgIpc) is 3.18. The van der Waals surface area contributed by atoms with Crippen molar-refractivity contribution in [1.29, 1.82) is 0 Å². The lowest BCUT2D eigenvalue weighted by molar-refractivity contribution is 0.415. The van der Waals surface area contributed by atoms with Crippen molar-refractivity contribution in [1.82, 2.24) is 25.8 Å². The Labute approximate surface area is 152 Å². The van der Waals surface area contributed by atoms with Crippen molar-refractivity contribution in [3.63, 3.8) is 0 Å². The maximum absolute atomic E-state index is 5.16. The van der Waals surface area contributed by atoms with Gasteiger partial charge in [-0.05, 0) is 29.8 Å². The summed E-state index contributed by atoms with van der Waals surface area (Å²) in [5.74, 6) is 2.89. The molecule has 0 amide bonds. The van der Waals surface area contributed by atoms with Crippen LogP contribution < -0.4 is 15.4 Å². The van der Waals surface area contributed by atoms with E-state index in [1.165, 1.54) is 5.56 Å². The van der Waals surface area contributed by atoms with Gasteiger partial charge in [-0.15, -0.1) is 0 Å². The van der Waals surface area contributed by atoms with Gasteiger partial charge in [-0.25, -0.2) is 4.98 Å². The number of H-pyrrole nitrogens is 1. The Morgan fingerprint density at radius 1 is 1.04 bits per heavy atom. The number of guanidine groups is 1. The Hall–Kier alpha value is -3.35. The van der Waals surface area contributed by atoms with Gasteiger partial charge in [0, 0.05) is 19.2 Å². The number of aromatic amines is 1. The topological polar surface area (TPSA) is 87.2 Å². The lowest BCUT2D eigenvalue weighted by atomic mass is 10.2. The van der Waals surface area contributed by atoms with Crippen molar-refractivity contribution < 1.29 is 4.74 Å². The highest BCUT2D eigenvalue weighted by Crippen LogP contribution is 2.18. The molecule has 3 rings (SSSR count). The summed E-state index contributed by atoms with van der Waals surface area (Å²) in [5.41, 5.74) is 2.12. The highest BCUT2D eigenvalue weighted by Gasteiger charge is 2.07. The van der Waals surface area contributed by atoms with E-state index in [2.05, 4.69) is 42.9 Å². The number of hydrogen-bond acceptors (Lipinski definition) is 4. The summed E-state index contributed by atoms with van der Waals surface area (Å²) < 4.78 is 5.16. The molecule has 1 heterocycles. The summed E-state index contributed by atoms with van der Waals surface area (Å²) in [5, 5.41) is 13.7. The van der Waals surface area contributed by atoms with Gasteiger partial charge in [0.2, 0.25) is 0 Å². The van der Waals surface area contributed by atoms with Gasteiger partial charge in [0.1, 0.15) is 11.6 Å².